The first-order valence-corrected chi connectivity index (χ1v) is 9.44. The number of rotatable bonds is 10. The van der Waals surface area contributed by atoms with Crippen LogP contribution in [0.3, 0.4) is 0 Å². The molecule has 28 heavy (non-hydrogen) atoms. The monoisotopic (exact) mass is 395 g/mol. The molecule has 1 atom stereocenters. The summed E-state index contributed by atoms with van der Waals surface area (Å²) in [5.41, 5.74) is -0.152. The number of esters is 1. The maximum Gasteiger partial charge on any atom is 0.332 e. The number of ether oxygens (including phenoxy) is 2. The number of aryl methyl sites for hydroxylation is 1. The third-order valence-corrected chi connectivity index (χ3v) is 4.49. The van der Waals surface area contributed by atoms with E-state index in [4.69, 9.17) is 9.47 Å². The van der Waals surface area contributed by atoms with Crippen LogP contribution in [-0.4, -0.2) is 44.4 Å². The summed E-state index contributed by atoms with van der Waals surface area (Å²) in [6.07, 6.45) is 1.82. The van der Waals surface area contributed by atoms with Crippen molar-refractivity contribution in [1.82, 2.24) is 18.7 Å². The van der Waals surface area contributed by atoms with Gasteiger partial charge in [0.15, 0.2) is 11.2 Å². The second-order valence-electron chi connectivity index (χ2n) is 6.62. The molecule has 0 saturated heterocycles. The molecular weight excluding hydrogens is 366 g/mol. The van der Waals surface area contributed by atoms with Gasteiger partial charge in [0.05, 0.1) is 6.10 Å². The lowest BCUT2D eigenvalue weighted by atomic mass is 10.2. The number of nitrogens with one attached hydrogen (secondary N) is 1. The number of fused-ring (bicyclic) bond motifs is 1. The Morgan fingerprint density at radius 3 is 2.57 bits per heavy atom. The van der Waals surface area contributed by atoms with Gasteiger partial charge in [-0.25, -0.2) is 4.79 Å². The Morgan fingerprint density at radius 1 is 1.25 bits per heavy atom. The molecule has 1 N–H and O–H groups in total. The van der Waals surface area contributed by atoms with E-state index in [2.05, 4.69) is 10.3 Å². The molecule has 0 saturated carbocycles. The van der Waals surface area contributed by atoms with E-state index in [1.165, 1.54) is 16.1 Å². The summed E-state index contributed by atoms with van der Waals surface area (Å²) in [6.45, 7) is 6.00. The normalized spacial score (nSPS) is 12.3. The van der Waals surface area contributed by atoms with Crippen LogP contribution in [0, 0.1) is 0 Å². The van der Waals surface area contributed by atoms with Gasteiger partial charge in [-0.05, 0) is 33.1 Å². The quantitative estimate of drug-likeness (QED) is 0.473. The summed E-state index contributed by atoms with van der Waals surface area (Å²) >= 11 is 0. The molecule has 0 radical (unpaired) electrons. The zero-order valence-electron chi connectivity index (χ0n) is 17.2. The van der Waals surface area contributed by atoms with Crippen LogP contribution in [0.2, 0.25) is 0 Å². The third-order valence-electron chi connectivity index (χ3n) is 4.49. The highest BCUT2D eigenvalue weighted by atomic mass is 16.5. The minimum absolute atomic E-state index is 0.163. The average molecular weight is 395 g/mol. The highest BCUT2D eigenvalue weighted by molar-refractivity contribution is 5.74. The smallest absolute Gasteiger partial charge is 0.332 e. The second kappa shape index (κ2) is 9.54. The highest BCUT2D eigenvalue weighted by Gasteiger charge is 2.19. The van der Waals surface area contributed by atoms with E-state index in [1.807, 2.05) is 13.8 Å². The molecule has 0 aliphatic carbocycles. The molecule has 0 aliphatic heterocycles. The van der Waals surface area contributed by atoms with E-state index in [9.17, 15) is 14.4 Å². The van der Waals surface area contributed by atoms with Gasteiger partial charge in [-0.3, -0.25) is 23.3 Å². The third kappa shape index (κ3) is 4.61. The van der Waals surface area contributed by atoms with Crippen molar-refractivity contribution in [2.45, 2.75) is 59.4 Å². The van der Waals surface area contributed by atoms with Gasteiger partial charge in [0, 0.05) is 34.2 Å². The van der Waals surface area contributed by atoms with Crippen molar-refractivity contribution in [3.8, 4) is 0 Å². The van der Waals surface area contributed by atoms with Gasteiger partial charge in [0.25, 0.3) is 5.56 Å². The van der Waals surface area contributed by atoms with Gasteiger partial charge < -0.3 is 14.8 Å². The summed E-state index contributed by atoms with van der Waals surface area (Å²) in [6, 6.07) is 0. The fourth-order valence-corrected chi connectivity index (χ4v) is 3.11. The largest absolute Gasteiger partial charge is 0.463 e. The topological polar surface area (TPSA) is 109 Å². The Bertz CT molecular complexity index is 942. The second-order valence-corrected chi connectivity index (χ2v) is 6.62. The molecule has 2 heterocycles. The van der Waals surface area contributed by atoms with Gasteiger partial charge in [-0.1, -0.05) is 0 Å². The minimum atomic E-state index is -0.408. The van der Waals surface area contributed by atoms with E-state index < -0.39 is 5.69 Å². The van der Waals surface area contributed by atoms with Gasteiger partial charge in [0.1, 0.15) is 6.73 Å². The fourth-order valence-electron chi connectivity index (χ4n) is 3.11. The highest BCUT2D eigenvalue weighted by Crippen LogP contribution is 2.15. The molecule has 0 bridgehead atoms. The summed E-state index contributed by atoms with van der Waals surface area (Å²) in [5.74, 6) is 0.148. The molecule has 0 fully saturated rings. The number of hydrogen-bond acceptors (Lipinski definition) is 7. The molecular formula is C18H29N5O5. The van der Waals surface area contributed by atoms with Crippen LogP contribution in [0.25, 0.3) is 11.2 Å². The Kier molecular flexibility index (Phi) is 7.38. The van der Waals surface area contributed by atoms with Crippen LogP contribution >= 0.6 is 0 Å². The lowest BCUT2D eigenvalue weighted by Gasteiger charge is -2.12. The van der Waals surface area contributed by atoms with Crippen molar-refractivity contribution >= 4 is 23.1 Å². The van der Waals surface area contributed by atoms with Crippen molar-refractivity contribution in [1.29, 1.82) is 0 Å². The molecule has 10 heteroatoms. The number of aromatic nitrogens is 4. The Morgan fingerprint density at radius 2 is 1.96 bits per heavy atom. The Balaban J connectivity index is 2.30. The van der Waals surface area contributed by atoms with Crippen LogP contribution in [0.1, 0.15) is 40.0 Å². The standard InChI is InChI=1S/C18H29N5O5/c1-6-27-11-23-14-15(20-17(23)19-4)21(5)18(26)22(16(14)25)10-8-7-9-12(2)28-13(3)24/h12H,6-11H2,1-5H3,(H,19,20). The predicted molar refractivity (Wildman–Crippen MR) is 105 cm³/mol. The molecule has 156 valence electrons. The number of carbonyl (C=O) groups excluding carboxylic acids is 1. The van der Waals surface area contributed by atoms with E-state index >= 15 is 0 Å². The van der Waals surface area contributed by atoms with Crippen LogP contribution in [-0.2, 0) is 34.6 Å². The Labute approximate surface area is 163 Å². The predicted octanol–water partition coefficient (Wildman–Crippen LogP) is 1.05. The maximum atomic E-state index is 13.0. The van der Waals surface area contributed by atoms with Crippen molar-refractivity contribution in [2.75, 3.05) is 19.0 Å². The summed E-state index contributed by atoms with van der Waals surface area (Å²) < 4.78 is 14.8. The zero-order chi connectivity index (χ0) is 20.8. The van der Waals surface area contributed by atoms with E-state index in [1.54, 1.807) is 18.7 Å². The molecule has 2 aromatic rings. The molecule has 1 unspecified atom stereocenters. The first kappa shape index (κ1) is 21.7. The van der Waals surface area contributed by atoms with Crippen molar-refractivity contribution in [3.63, 3.8) is 0 Å². The number of nitrogens with zero attached hydrogens (tertiary/aromatic N) is 4. The SMILES string of the molecule is CCOCn1c(NC)nc2c1c(=O)n(CCCCC(C)OC(C)=O)c(=O)n2C. The molecule has 0 aliphatic rings. The van der Waals surface area contributed by atoms with E-state index in [0.717, 1.165) is 6.42 Å². The van der Waals surface area contributed by atoms with Gasteiger partial charge in [0.2, 0.25) is 5.95 Å². The van der Waals surface area contributed by atoms with Crippen LogP contribution < -0.4 is 16.6 Å². The van der Waals surface area contributed by atoms with E-state index in [-0.39, 0.29) is 30.9 Å². The van der Waals surface area contributed by atoms with Gasteiger partial charge >= 0.3 is 11.7 Å². The van der Waals surface area contributed by atoms with Gasteiger partial charge in [-0.2, -0.15) is 4.98 Å². The molecule has 0 aromatic carbocycles. The fraction of sp³-hybridized carbons (Fsp3) is 0.667. The first-order chi connectivity index (χ1) is 13.3. The number of hydrogen-bond donors (Lipinski definition) is 1. The summed E-state index contributed by atoms with van der Waals surface area (Å²) in [4.78, 5) is 41.0. The first-order valence-electron chi connectivity index (χ1n) is 9.44. The Hall–Kier alpha value is -2.62. The molecule has 0 amide bonds. The zero-order valence-corrected chi connectivity index (χ0v) is 17.2. The van der Waals surface area contributed by atoms with Crippen LogP contribution in [0.5, 0.6) is 0 Å². The molecule has 0 spiro atoms. The number of unbranched alkanes of at least 4 members (excludes halogenated alkanes) is 1. The number of imidazole rings is 1. The molecule has 10 nitrogen and oxygen atoms in total. The number of anilines is 1. The summed E-state index contributed by atoms with van der Waals surface area (Å²) in [7, 11) is 3.30. The average Bonchev–Trinajstić information content (AvgIpc) is 3.02. The maximum absolute atomic E-state index is 13.0. The van der Waals surface area contributed by atoms with Crippen LogP contribution in [0.15, 0.2) is 9.59 Å². The summed E-state index contributed by atoms with van der Waals surface area (Å²) in [5, 5.41) is 2.93. The lowest BCUT2D eigenvalue weighted by molar-refractivity contribution is -0.145. The van der Waals surface area contributed by atoms with Crippen LogP contribution in [0.4, 0.5) is 5.95 Å². The molecule has 2 aromatic heterocycles. The van der Waals surface area contributed by atoms with Crippen molar-refractivity contribution < 1.29 is 14.3 Å². The minimum Gasteiger partial charge on any atom is -0.463 e. The van der Waals surface area contributed by atoms with Crippen molar-refractivity contribution in [3.05, 3.63) is 20.8 Å². The number of carbonyl (C=O) groups is 1. The van der Waals surface area contributed by atoms with Gasteiger partial charge in [-0.15, -0.1) is 0 Å². The lowest BCUT2D eigenvalue weighted by Crippen LogP contribution is -2.39. The van der Waals surface area contributed by atoms with Crippen molar-refractivity contribution in [2.24, 2.45) is 7.05 Å². The molecule has 2 rings (SSSR count). The van der Waals surface area contributed by atoms with E-state index in [0.29, 0.717) is 36.6 Å².